The maximum atomic E-state index is 13.5. The van der Waals surface area contributed by atoms with Gasteiger partial charge in [0.15, 0.2) is 0 Å². The predicted octanol–water partition coefficient (Wildman–Crippen LogP) is 8.19. The molecule has 1 fully saturated rings. The van der Waals surface area contributed by atoms with E-state index in [-0.39, 0.29) is 5.82 Å². The highest BCUT2D eigenvalue weighted by Gasteiger charge is 2.19. The Labute approximate surface area is 227 Å². The third kappa shape index (κ3) is 4.93. The number of hydrogen-bond acceptors (Lipinski definition) is 4. The van der Waals surface area contributed by atoms with E-state index >= 15 is 0 Å². The van der Waals surface area contributed by atoms with Gasteiger partial charge < -0.3 is 16.0 Å². The second-order valence-electron chi connectivity index (χ2n) is 10.2. The zero-order chi connectivity index (χ0) is 26.9. The second-order valence-corrected chi connectivity index (χ2v) is 10.2. The van der Waals surface area contributed by atoms with E-state index in [0.717, 1.165) is 61.4 Å². The van der Waals surface area contributed by atoms with E-state index in [2.05, 4.69) is 45.6 Å². The molecule has 0 spiro atoms. The van der Waals surface area contributed by atoms with Crippen LogP contribution in [-0.2, 0) is 0 Å². The monoisotopic (exact) mass is 515 g/mol. The van der Waals surface area contributed by atoms with Crippen LogP contribution < -0.4 is 11.1 Å². The van der Waals surface area contributed by atoms with Crippen molar-refractivity contribution in [3.63, 3.8) is 0 Å². The molecule has 0 saturated heterocycles. The Morgan fingerprint density at radius 2 is 1.69 bits per heavy atom. The third-order valence-corrected chi connectivity index (χ3v) is 7.61. The number of pyridine rings is 2. The molecule has 0 aliphatic heterocycles. The second kappa shape index (κ2) is 10.2. The lowest BCUT2D eigenvalue weighted by Gasteiger charge is -2.16. The fourth-order valence-electron chi connectivity index (χ4n) is 5.45. The molecule has 6 heteroatoms. The van der Waals surface area contributed by atoms with Crippen LogP contribution in [0.3, 0.4) is 0 Å². The lowest BCUT2D eigenvalue weighted by Crippen LogP contribution is -2.07. The average molecular weight is 516 g/mol. The Balaban J connectivity index is 1.30. The summed E-state index contributed by atoms with van der Waals surface area (Å²) in [5.74, 6) is 0.659. The number of H-pyrrole nitrogens is 1. The largest absolute Gasteiger partial charge is 0.383 e. The van der Waals surface area contributed by atoms with Gasteiger partial charge >= 0.3 is 0 Å². The topological polar surface area (TPSA) is 79.6 Å². The van der Waals surface area contributed by atoms with E-state index in [1.54, 1.807) is 18.3 Å². The number of nitrogen functional groups attached to an aromatic ring is 1. The van der Waals surface area contributed by atoms with Crippen LogP contribution in [0.5, 0.6) is 0 Å². The average Bonchev–Trinajstić information content (AvgIpc) is 3.64. The van der Waals surface area contributed by atoms with Gasteiger partial charge in [-0.2, -0.15) is 0 Å². The summed E-state index contributed by atoms with van der Waals surface area (Å²) in [7, 11) is 0. The molecule has 3 heterocycles. The predicted molar refractivity (Wildman–Crippen MR) is 158 cm³/mol. The zero-order valence-corrected chi connectivity index (χ0v) is 21.7. The highest BCUT2D eigenvalue weighted by molar-refractivity contribution is 5.99. The molecule has 194 valence electrons. The van der Waals surface area contributed by atoms with E-state index < -0.39 is 0 Å². The normalized spacial score (nSPS) is 13.6. The van der Waals surface area contributed by atoms with Gasteiger partial charge in [-0.1, -0.05) is 50.3 Å². The Morgan fingerprint density at radius 1 is 0.923 bits per heavy atom. The van der Waals surface area contributed by atoms with E-state index in [0.29, 0.717) is 11.7 Å². The summed E-state index contributed by atoms with van der Waals surface area (Å²) in [6.45, 7) is 8.63. The first kappa shape index (κ1) is 24.6. The van der Waals surface area contributed by atoms with Crippen molar-refractivity contribution >= 4 is 28.0 Å². The van der Waals surface area contributed by atoms with E-state index in [1.807, 2.05) is 36.7 Å². The minimum Gasteiger partial charge on any atom is -0.383 e. The molecular weight excluding hydrogens is 485 g/mol. The van der Waals surface area contributed by atoms with E-state index in [1.165, 1.54) is 37.8 Å². The number of rotatable bonds is 7. The molecule has 5 aromatic rings. The van der Waals surface area contributed by atoms with Gasteiger partial charge in [0.1, 0.15) is 11.6 Å². The van der Waals surface area contributed by atoms with Gasteiger partial charge in [-0.3, -0.25) is 4.98 Å². The smallest absolute Gasteiger partial charge is 0.131 e. The molecule has 0 atom stereocenters. The van der Waals surface area contributed by atoms with Gasteiger partial charge in [0.2, 0.25) is 0 Å². The van der Waals surface area contributed by atoms with Crippen molar-refractivity contribution in [2.75, 3.05) is 11.1 Å². The fourth-order valence-corrected chi connectivity index (χ4v) is 5.45. The molecule has 3 aromatic heterocycles. The number of nitrogens with one attached hydrogen (secondary N) is 2. The summed E-state index contributed by atoms with van der Waals surface area (Å²) in [5, 5.41) is 4.48. The summed E-state index contributed by atoms with van der Waals surface area (Å²) >= 11 is 0. The van der Waals surface area contributed by atoms with Crippen LogP contribution in [0, 0.1) is 11.7 Å². The number of anilines is 2. The standard InChI is InChI=1S/C33H30FN5/c1-20(32-16-30-28(8-5-9-31(30)39-32)23-10-12-26(34)13-11-23)29-15-25(18-37-33(29)35)24-14-27(19-36-17-24)38-21(2)22-6-3-4-7-22/h5,8-19,22,38-39H,1-4,6-7H2,(H2,35,37). The third-order valence-electron chi connectivity index (χ3n) is 7.61. The number of benzene rings is 2. The highest BCUT2D eigenvalue weighted by atomic mass is 19.1. The summed E-state index contributed by atoms with van der Waals surface area (Å²) in [4.78, 5) is 12.4. The first-order valence-corrected chi connectivity index (χ1v) is 13.2. The van der Waals surface area contributed by atoms with Gasteiger partial charge in [0.05, 0.1) is 11.9 Å². The lowest BCUT2D eigenvalue weighted by molar-refractivity contribution is 0.628. The lowest BCUT2D eigenvalue weighted by atomic mass is 9.99. The number of fused-ring (bicyclic) bond motifs is 1. The van der Waals surface area contributed by atoms with Crippen LogP contribution in [0.1, 0.15) is 36.9 Å². The van der Waals surface area contributed by atoms with Gasteiger partial charge in [0, 0.05) is 57.0 Å². The van der Waals surface area contributed by atoms with E-state index in [4.69, 9.17) is 5.73 Å². The Hall–Kier alpha value is -4.71. The molecule has 2 aromatic carbocycles. The summed E-state index contributed by atoms with van der Waals surface area (Å²) in [6.07, 6.45) is 10.3. The Bertz CT molecular complexity index is 1690. The Morgan fingerprint density at radius 3 is 2.49 bits per heavy atom. The van der Waals surface area contributed by atoms with Crippen molar-refractivity contribution < 1.29 is 4.39 Å². The van der Waals surface area contributed by atoms with E-state index in [9.17, 15) is 4.39 Å². The summed E-state index contributed by atoms with van der Waals surface area (Å²) < 4.78 is 13.5. The number of halogens is 1. The van der Waals surface area contributed by atoms with Gasteiger partial charge in [-0.05, 0) is 66.3 Å². The van der Waals surface area contributed by atoms with Crippen molar-refractivity contribution in [2.45, 2.75) is 25.7 Å². The molecule has 0 bridgehead atoms. The maximum Gasteiger partial charge on any atom is 0.131 e. The number of aromatic amines is 1. The van der Waals surface area contributed by atoms with Crippen LogP contribution in [0.2, 0.25) is 0 Å². The van der Waals surface area contributed by atoms with Gasteiger partial charge in [-0.15, -0.1) is 0 Å². The highest BCUT2D eigenvalue weighted by Crippen LogP contribution is 2.35. The minimum atomic E-state index is -0.257. The molecule has 1 aliphatic rings. The van der Waals surface area contributed by atoms with Crippen LogP contribution in [-0.4, -0.2) is 15.0 Å². The number of allylic oxidation sites excluding steroid dienone is 1. The molecule has 4 N–H and O–H groups in total. The molecular formula is C33H30FN5. The zero-order valence-electron chi connectivity index (χ0n) is 21.7. The van der Waals surface area contributed by atoms with Crippen molar-refractivity contribution in [3.05, 3.63) is 115 Å². The Kier molecular flexibility index (Phi) is 6.45. The minimum absolute atomic E-state index is 0.257. The number of hydrogen-bond donors (Lipinski definition) is 3. The quantitative estimate of drug-likeness (QED) is 0.204. The molecule has 39 heavy (non-hydrogen) atoms. The molecule has 0 amide bonds. The van der Waals surface area contributed by atoms with Crippen molar-refractivity contribution in [1.29, 1.82) is 0 Å². The fraction of sp³-hybridized carbons (Fsp3) is 0.152. The number of nitrogens with two attached hydrogens (primary N) is 1. The van der Waals surface area contributed by atoms with Crippen LogP contribution in [0.15, 0.2) is 98.1 Å². The SMILES string of the molecule is C=C(c1cc2c(-c3ccc(F)cc3)cccc2[nH]1)c1cc(-c2cncc(NC(=C)C3CCCC3)c2)cnc1N. The maximum absolute atomic E-state index is 13.5. The molecule has 0 unspecified atom stereocenters. The molecule has 6 rings (SSSR count). The van der Waals surface area contributed by atoms with Crippen molar-refractivity contribution in [2.24, 2.45) is 5.92 Å². The molecule has 5 nitrogen and oxygen atoms in total. The van der Waals surface area contributed by atoms with Crippen LogP contribution in [0.4, 0.5) is 15.9 Å². The number of aromatic nitrogens is 3. The molecule has 1 aliphatic carbocycles. The molecule has 0 radical (unpaired) electrons. The van der Waals surface area contributed by atoms with Crippen molar-refractivity contribution in [3.8, 4) is 22.3 Å². The molecule has 1 saturated carbocycles. The summed E-state index contributed by atoms with van der Waals surface area (Å²) in [6, 6.07) is 18.7. The van der Waals surface area contributed by atoms with Gasteiger partial charge in [0.25, 0.3) is 0 Å². The first-order valence-electron chi connectivity index (χ1n) is 13.2. The van der Waals surface area contributed by atoms with Crippen LogP contribution >= 0.6 is 0 Å². The van der Waals surface area contributed by atoms with Crippen molar-refractivity contribution in [1.82, 2.24) is 15.0 Å². The number of nitrogens with zero attached hydrogens (tertiary/aromatic N) is 2. The summed E-state index contributed by atoms with van der Waals surface area (Å²) in [5.41, 5.74) is 15.4. The van der Waals surface area contributed by atoms with Gasteiger partial charge in [-0.25, -0.2) is 9.37 Å². The van der Waals surface area contributed by atoms with Crippen LogP contribution in [0.25, 0.3) is 38.7 Å². The first-order chi connectivity index (χ1) is 19.0.